The second kappa shape index (κ2) is 9.27. The van der Waals surface area contributed by atoms with E-state index in [-0.39, 0.29) is 31.7 Å². The topological polar surface area (TPSA) is 76.8 Å². The van der Waals surface area contributed by atoms with E-state index in [1.807, 2.05) is 35.2 Å². The Balaban J connectivity index is 0.00000225. The summed E-state index contributed by atoms with van der Waals surface area (Å²) in [6, 6.07) is 15.4. The number of amides is 1. The zero-order chi connectivity index (χ0) is 16.8. The highest BCUT2D eigenvalue weighted by Crippen LogP contribution is 2.34. The standard InChI is InChI=1S/C18H21N3O3.ClH/c19-8-9-21(11-14-4-2-1-3-5-14)12-18(22)20-15-6-7-16-17(10-15)24-13-23-16;/h1-7,10H,8-9,11-13,19H2,(H,20,22);1H. The number of halogens is 1. The molecule has 1 amide bonds. The Morgan fingerprint density at radius 2 is 1.88 bits per heavy atom. The molecule has 0 aliphatic carbocycles. The summed E-state index contributed by atoms with van der Waals surface area (Å²) in [4.78, 5) is 14.3. The zero-order valence-electron chi connectivity index (χ0n) is 13.8. The number of benzene rings is 2. The number of anilines is 1. The highest BCUT2D eigenvalue weighted by Gasteiger charge is 2.15. The predicted molar refractivity (Wildman–Crippen MR) is 99.2 cm³/mol. The number of carbonyl (C=O) groups is 1. The molecule has 0 unspecified atom stereocenters. The van der Waals surface area contributed by atoms with Gasteiger partial charge in [-0.25, -0.2) is 0 Å². The number of ether oxygens (including phenoxy) is 2. The van der Waals surface area contributed by atoms with E-state index >= 15 is 0 Å². The van der Waals surface area contributed by atoms with Gasteiger partial charge in [-0.15, -0.1) is 12.4 Å². The van der Waals surface area contributed by atoms with E-state index in [9.17, 15) is 4.79 Å². The smallest absolute Gasteiger partial charge is 0.238 e. The fourth-order valence-electron chi connectivity index (χ4n) is 2.62. The molecule has 134 valence electrons. The number of hydrogen-bond donors (Lipinski definition) is 2. The fourth-order valence-corrected chi connectivity index (χ4v) is 2.62. The van der Waals surface area contributed by atoms with Gasteiger partial charge in [-0.3, -0.25) is 9.69 Å². The van der Waals surface area contributed by atoms with Gasteiger partial charge >= 0.3 is 0 Å². The van der Waals surface area contributed by atoms with E-state index in [2.05, 4.69) is 5.32 Å². The quantitative estimate of drug-likeness (QED) is 0.789. The highest BCUT2D eigenvalue weighted by atomic mass is 35.5. The average molecular weight is 364 g/mol. The highest BCUT2D eigenvalue weighted by molar-refractivity contribution is 5.92. The molecule has 3 N–H and O–H groups in total. The van der Waals surface area contributed by atoms with Gasteiger partial charge in [0, 0.05) is 31.4 Å². The van der Waals surface area contributed by atoms with E-state index < -0.39 is 0 Å². The predicted octanol–water partition coefficient (Wildman–Crippen LogP) is 2.24. The molecule has 3 rings (SSSR count). The molecule has 0 saturated heterocycles. The molecular weight excluding hydrogens is 342 g/mol. The molecule has 7 heteroatoms. The summed E-state index contributed by atoms with van der Waals surface area (Å²) in [5, 5.41) is 2.89. The molecule has 25 heavy (non-hydrogen) atoms. The lowest BCUT2D eigenvalue weighted by Gasteiger charge is -2.21. The third-order valence-electron chi connectivity index (χ3n) is 3.72. The van der Waals surface area contributed by atoms with Crippen LogP contribution in [0.2, 0.25) is 0 Å². The van der Waals surface area contributed by atoms with Crippen LogP contribution >= 0.6 is 12.4 Å². The molecule has 6 nitrogen and oxygen atoms in total. The first-order valence-electron chi connectivity index (χ1n) is 7.90. The molecule has 0 spiro atoms. The van der Waals surface area contributed by atoms with Gasteiger partial charge in [0.2, 0.25) is 12.7 Å². The lowest BCUT2D eigenvalue weighted by atomic mass is 10.2. The largest absolute Gasteiger partial charge is 0.454 e. The van der Waals surface area contributed by atoms with Gasteiger partial charge in [0.15, 0.2) is 11.5 Å². The van der Waals surface area contributed by atoms with Crippen LogP contribution < -0.4 is 20.5 Å². The van der Waals surface area contributed by atoms with Crippen LogP contribution in [0.4, 0.5) is 5.69 Å². The molecule has 1 aliphatic rings. The van der Waals surface area contributed by atoms with E-state index in [0.29, 0.717) is 36.8 Å². The van der Waals surface area contributed by atoms with Gasteiger partial charge < -0.3 is 20.5 Å². The van der Waals surface area contributed by atoms with E-state index in [4.69, 9.17) is 15.2 Å². The van der Waals surface area contributed by atoms with Crippen LogP contribution in [0.1, 0.15) is 5.56 Å². The van der Waals surface area contributed by atoms with Gasteiger partial charge in [-0.1, -0.05) is 30.3 Å². The lowest BCUT2D eigenvalue weighted by molar-refractivity contribution is -0.117. The monoisotopic (exact) mass is 363 g/mol. The Bertz CT molecular complexity index is 697. The zero-order valence-corrected chi connectivity index (χ0v) is 14.6. The minimum absolute atomic E-state index is 0. The first kappa shape index (κ1) is 19.1. The molecule has 0 radical (unpaired) electrons. The Morgan fingerprint density at radius 1 is 1.12 bits per heavy atom. The summed E-state index contributed by atoms with van der Waals surface area (Å²) in [5.41, 5.74) is 7.51. The fraction of sp³-hybridized carbons (Fsp3) is 0.278. The maximum Gasteiger partial charge on any atom is 0.238 e. The normalized spacial score (nSPS) is 11.9. The number of nitrogens with one attached hydrogen (secondary N) is 1. The van der Waals surface area contributed by atoms with Crippen LogP contribution in [0.3, 0.4) is 0 Å². The van der Waals surface area contributed by atoms with E-state index in [1.54, 1.807) is 18.2 Å². The molecule has 0 atom stereocenters. The van der Waals surface area contributed by atoms with Gasteiger partial charge in [0.1, 0.15) is 0 Å². The Hall–Kier alpha value is -2.28. The van der Waals surface area contributed by atoms with Crippen molar-refractivity contribution >= 4 is 24.0 Å². The Morgan fingerprint density at radius 3 is 2.64 bits per heavy atom. The summed E-state index contributed by atoms with van der Waals surface area (Å²) in [5.74, 6) is 1.26. The average Bonchev–Trinajstić information content (AvgIpc) is 3.03. The van der Waals surface area contributed by atoms with Gasteiger partial charge in [-0.2, -0.15) is 0 Å². The molecule has 2 aromatic rings. The third kappa shape index (κ3) is 5.35. The minimum Gasteiger partial charge on any atom is -0.454 e. The molecule has 0 aromatic heterocycles. The summed E-state index contributed by atoms with van der Waals surface area (Å²) in [6.07, 6.45) is 0. The minimum atomic E-state index is -0.0850. The third-order valence-corrected chi connectivity index (χ3v) is 3.72. The number of hydrogen-bond acceptors (Lipinski definition) is 5. The van der Waals surface area contributed by atoms with Crippen LogP contribution in [-0.2, 0) is 11.3 Å². The molecule has 2 aromatic carbocycles. The van der Waals surface area contributed by atoms with Crippen LogP contribution in [-0.4, -0.2) is 37.2 Å². The van der Waals surface area contributed by atoms with E-state index in [1.165, 1.54) is 0 Å². The van der Waals surface area contributed by atoms with Crippen molar-refractivity contribution < 1.29 is 14.3 Å². The first-order chi connectivity index (χ1) is 11.7. The van der Waals surface area contributed by atoms with Gasteiger partial charge in [0.25, 0.3) is 0 Å². The molecule has 0 saturated carbocycles. The summed E-state index contributed by atoms with van der Waals surface area (Å²) >= 11 is 0. The van der Waals surface area contributed by atoms with Crippen LogP contribution in [0.5, 0.6) is 11.5 Å². The van der Waals surface area contributed by atoms with Crippen LogP contribution in [0, 0.1) is 0 Å². The van der Waals surface area contributed by atoms with Gasteiger partial charge in [-0.05, 0) is 17.7 Å². The van der Waals surface area contributed by atoms with Gasteiger partial charge in [0.05, 0.1) is 6.54 Å². The maximum absolute atomic E-state index is 12.3. The van der Waals surface area contributed by atoms with Crippen molar-refractivity contribution in [1.29, 1.82) is 0 Å². The van der Waals surface area contributed by atoms with Crippen molar-refractivity contribution in [1.82, 2.24) is 4.90 Å². The molecule has 1 heterocycles. The summed E-state index contributed by atoms with van der Waals surface area (Å²) in [6.45, 7) is 2.34. The van der Waals surface area contributed by atoms with Crippen LogP contribution in [0.15, 0.2) is 48.5 Å². The van der Waals surface area contributed by atoms with Crippen molar-refractivity contribution in [3.8, 4) is 11.5 Å². The first-order valence-corrected chi connectivity index (χ1v) is 7.90. The van der Waals surface area contributed by atoms with E-state index in [0.717, 1.165) is 5.56 Å². The number of fused-ring (bicyclic) bond motifs is 1. The Labute approximate surface area is 153 Å². The number of nitrogens with two attached hydrogens (primary N) is 1. The SMILES string of the molecule is Cl.NCCN(CC(=O)Nc1ccc2c(c1)OCO2)Cc1ccccc1. The number of carbonyl (C=O) groups excluding carboxylic acids is 1. The van der Waals surface area contributed by atoms with Crippen molar-refractivity contribution in [2.75, 3.05) is 31.7 Å². The molecule has 0 fully saturated rings. The number of rotatable bonds is 7. The van der Waals surface area contributed by atoms with Crippen LogP contribution in [0.25, 0.3) is 0 Å². The molecule has 0 bridgehead atoms. The van der Waals surface area contributed by atoms with Crippen molar-refractivity contribution in [2.24, 2.45) is 5.73 Å². The lowest BCUT2D eigenvalue weighted by Crippen LogP contribution is -2.36. The second-order valence-electron chi connectivity index (χ2n) is 5.60. The molecular formula is C18H22ClN3O3. The van der Waals surface area contributed by atoms with Crippen molar-refractivity contribution in [3.05, 3.63) is 54.1 Å². The Kier molecular flexibility index (Phi) is 7.06. The second-order valence-corrected chi connectivity index (χ2v) is 5.60. The van der Waals surface area contributed by atoms with Crippen molar-refractivity contribution in [3.63, 3.8) is 0 Å². The summed E-state index contributed by atoms with van der Waals surface area (Å²) < 4.78 is 10.6. The maximum atomic E-state index is 12.3. The number of nitrogens with zero attached hydrogens (tertiary/aromatic N) is 1. The van der Waals surface area contributed by atoms with Crippen molar-refractivity contribution in [2.45, 2.75) is 6.54 Å². The summed E-state index contributed by atoms with van der Waals surface area (Å²) in [7, 11) is 0. The molecule has 1 aliphatic heterocycles.